The van der Waals surface area contributed by atoms with E-state index in [0.717, 1.165) is 0 Å². The zero-order chi connectivity index (χ0) is 10.2. The van der Waals surface area contributed by atoms with Crippen LogP contribution in [-0.2, 0) is 9.84 Å². The molecule has 1 aliphatic carbocycles. The lowest BCUT2D eigenvalue weighted by molar-refractivity contribution is 0.577. The van der Waals surface area contributed by atoms with Crippen molar-refractivity contribution in [3.8, 4) is 0 Å². The van der Waals surface area contributed by atoms with Gasteiger partial charge in [-0.05, 0) is 25.0 Å². The zero-order valence-electron chi connectivity index (χ0n) is 7.81. The van der Waals surface area contributed by atoms with Crippen LogP contribution in [0.15, 0.2) is 35.2 Å². The monoisotopic (exact) mass is 211 g/mol. The molecule has 0 aromatic heterocycles. The van der Waals surface area contributed by atoms with Gasteiger partial charge in [0.05, 0.1) is 9.64 Å². The van der Waals surface area contributed by atoms with Crippen LogP contribution in [0.1, 0.15) is 12.8 Å². The van der Waals surface area contributed by atoms with E-state index in [4.69, 9.17) is 5.73 Å². The highest BCUT2D eigenvalue weighted by Gasteiger charge is 2.53. The van der Waals surface area contributed by atoms with E-state index in [0.29, 0.717) is 17.7 Å². The quantitative estimate of drug-likeness (QED) is 0.809. The molecule has 1 aromatic rings. The highest BCUT2D eigenvalue weighted by atomic mass is 32.2. The molecule has 1 saturated carbocycles. The van der Waals surface area contributed by atoms with E-state index in [1.165, 1.54) is 0 Å². The molecule has 0 spiro atoms. The van der Waals surface area contributed by atoms with Gasteiger partial charge in [-0.25, -0.2) is 8.42 Å². The summed E-state index contributed by atoms with van der Waals surface area (Å²) in [5, 5.41) is 0. The summed E-state index contributed by atoms with van der Waals surface area (Å²) >= 11 is 0. The van der Waals surface area contributed by atoms with Crippen molar-refractivity contribution < 1.29 is 8.42 Å². The van der Waals surface area contributed by atoms with E-state index in [-0.39, 0.29) is 6.54 Å². The normalized spacial score (nSPS) is 19.2. The molecule has 0 unspecified atom stereocenters. The Kier molecular flexibility index (Phi) is 2.12. The fourth-order valence-corrected chi connectivity index (χ4v) is 3.45. The van der Waals surface area contributed by atoms with Gasteiger partial charge in [-0.1, -0.05) is 18.2 Å². The van der Waals surface area contributed by atoms with E-state index in [2.05, 4.69) is 0 Å². The van der Waals surface area contributed by atoms with Crippen LogP contribution in [0.3, 0.4) is 0 Å². The lowest BCUT2D eigenvalue weighted by Gasteiger charge is -2.13. The first-order valence-corrected chi connectivity index (χ1v) is 6.10. The van der Waals surface area contributed by atoms with Gasteiger partial charge in [0.1, 0.15) is 0 Å². The Labute approximate surface area is 83.9 Å². The summed E-state index contributed by atoms with van der Waals surface area (Å²) in [6.07, 6.45) is 1.39. The number of rotatable bonds is 3. The Morgan fingerprint density at radius 2 is 1.79 bits per heavy atom. The smallest absolute Gasteiger partial charge is 0.185 e. The van der Waals surface area contributed by atoms with Gasteiger partial charge in [-0.15, -0.1) is 0 Å². The van der Waals surface area contributed by atoms with Gasteiger partial charge in [0.15, 0.2) is 9.84 Å². The topological polar surface area (TPSA) is 60.2 Å². The molecule has 0 aliphatic heterocycles. The van der Waals surface area contributed by atoms with Crippen molar-refractivity contribution in [1.29, 1.82) is 0 Å². The Hall–Kier alpha value is -0.870. The third kappa shape index (κ3) is 1.26. The number of sulfone groups is 1. The predicted octanol–water partition coefficient (Wildman–Crippen LogP) is 0.952. The molecule has 0 saturated heterocycles. The molecule has 0 bridgehead atoms. The third-order valence-corrected chi connectivity index (χ3v) is 5.41. The van der Waals surface area contributed by atoms with E-state index < -0.39 is 14.6 Å². The molecule has 76 valence electrons. The molecular weight excluding hydrogens is 198 g/mol. The molecule has 0 atom stereocenters. The zero-order valence-corrected chi connectivity index (χ0v) is 8.63. The molecule has 0 radical (unpaired) electrons. The lowest BCUT2D eigenvalue weighted by atomic mass is 10.4. The molecule has 2 N–H and O–H groups in total. The average Bonchev–Trinajstić information content (AvgIpc) is 3.00. The highest BCUT2D eigenvalue weighted by molar-refractivity contribution is 7.93. The van der Waals surface area contributed by atoms with Crippen molar-refractivity contribution in [2.24, 2.45) is 5.73 Å². The van der Waals surface area contributed by atoms with Crippen molar-refractivity contribution in [3.63, 3.8) is 0 Å². The van der Waals surface area contributed by atoms with Crippen LogP contribution in [0.4, 0.5) is 0 Å². The molecule has 3 nitrogen and oxygen atoms in total. The van der Waals surface area contributed by atoms with E-state index in [1.54, 1.807) is 30.3 Å². The van der Waals surface area contributed by atoms with Crippen molar-refractivity contribution in [2.75, 3.05) is 6.54 Å². The van der Waals surface area contributed by atoms with Gasteiger partial charge in [0.25, 0.3) is 0 Å². The van der Waals surface area contributed by atoms with Crippen molar-refractivity contribution in [3.05, 3.63) is 30.3 Å². The number of nitrogens with two attached hydrogens (primary N) is 1. The minimum Gasteiger partial charge on any atom is -0.329 e. The summed E-state index contributed by atoms with van der Waals surface area (Å²) in [5.74, 6) is 0. The highest BCUT2D eigenvalue weighted by Crippen LogP contribution is 2.45. The number of hydrogen-bond acceptors (Lipinski definition) is 3. The lowest BCUT2D eigenvalue weighted by Crippen LogP contribution is -2.31. The van der Waals surface area contributed by atoms with Gasteiger partial charge < -0.3 is 5.73 Å². The van der Waals surface area contributed by atoms with Crippen molar-refractivity contribution >= 4 is 9.84 Å². The minimum absolute atomic E-state index is 0.226. The van der Waals surface area contributed by atoms with Gasteiger partial charge in [0, 0.05) is 6.54 Å². The van der Waals surface area contributed by atoms with Crippen molar-refractivity contribution in [2.45, 2.75) is 22.5 Å². The maximum Gasteiger partial charge on any atom is 0.185 e. The maximum absolute atomic E-state index is 12.1. The summed E-state index contributed by atoms with van der Waals surface area (Å²) in [7, 11) is -3.20. The number of hydrogen-bond donors (Lipinski definition) is 1. The van der Waals surface area contributed by atoms with Gasteiger partial charge in [0.2, 0.25) is 0 Å². The van der Waals surface area contributed by atoms with Crippen molar-refractivity contribution in [1.82, 2.24) is 0 Å². The van der Waals surface area contributed by atoms with E-state index in [9.17, 15) is 8.42 Å². The molecule has 1 aromatic carbocycles. The molecule has 1 aliphatic rings. The minimum atomic E-state index is -3.20. The molecule has 1 fully saturated rings. The van der Waals surface area contributed by atoms with E-state index in [1.807, 2.05) is 0 Å². The summed E-state index contributed by atoms with van der Waals surface area (Å²) in [4.78, 5) is 0.392. The number of benzene rings is 1. The summed E-state index contributed by atoms with van der Waals surface area (Å²) in [6, 6.07) is 8.54. The van der Waals surface area contributed by atoms with Crippen LogP contribution in [-0.4, -0.2) is 19.7 Å². The Bertz CT molecular complexity index is 421. The fraction of sp³-hybridized carbons (Fsp3) is 0.400. The summed E-state index contributed by atoms with van der Waals surface area (Å²) < 4.78 is 23.5. The Morgan fingerprint density at radius 1 is 1.21 bits per heavy atom. The van der Waals surface area contributed by atoms with Gasteiger partial charge in [-0.2, -0.15) is 0 Å². The Morgan fingerprint density at radius 3 is 2.21 bits per heavy atom. The largest absolute Gasteiger partial charge is 0.329 e. The van der Waals surface area contributed by atoms with Crippen LogP contribution in [0, 0.1) is 0 Å². The standard InChI is InChI=1S/C10H13NO2S/c11-8-10(6-7-10)14(12,13)9-4-2-1-3-5-9/h1-5H,6-8,11H2. The second-order valence-electron chi connectivity index (χ2n) is 3.70. The summed E-state index contributed by atoms with van der Waals surface area (Å²) in [6.45, 7) is 0.226. The molecule has 0 amide bonds. The summed E-state index contributed by atoms with van der Waals surface area (Å²) in [5.41, 5.74) is 5.51. The van der Waals surface area contributed by atoms with Crippen LogP contribution in [0.2, 0.25) is 0 Å². The van der Waals surface area contributed by atoms with Crippen LogP contribution in [0.5, 0.6) is 0 Å². The first kappa shape index (κ1) is 9.68. The Balaban J connectivity index is 2.44. The van der Waals surface area contributed by atoms with Crippen LogP contribution < -0.4 is 5.73 Å². The van der Waals surface area contributed by atoms with Gasteiger partial charge in [-0.3, -0.25) is 0 Å². The average molecular weight is 211 g/mol. The first-order valence-electron chi connectivity index (χ1n) is 4.62. The molecule has 2 rings (SSSR count). The molecular formula is C10H13NO2S. The van der Waals surface area contributed by atoms with Gasteiger partial charge >= 0.3 is 0 Å². The third-order valence-electron chi connectivity index (χ3n) is 2.80. The fourth-order valence-electron chi connectivity index (χ4n) is 1.57. The molecule has 14 heavy (non-hydrogen) atoms. The predicted molar refractivity (Wildman–Crippen MR) is 54.6 cm³/mol. The second-order valence-corrected chi connectivity index (χ2v) is 6.05. The first-order chi connectivity index (χ1) is 6.62. The molecule has 4 heteroatoms. The maximum atomic E-state index is 12.1. The van der Waals surface area contributed by atoms with Crippen LogP contribution >= 0.6 is 0 Å². The SMILES string of the molecule is NCC1(S(=O)(=O)c2ccccc2)CC1. The van der Waals surface area contributed by atoms with E-state index >= 15 is 0 Å². The second kappa shape index (κ2) is 3.07. The van der Waals surface area contributed by atoms with Crippen LogP contribution in [0.25, 0.3) is 0 Å². The molecule has 0 heterocycles.